The van der Waals surface area contributed by atoms with Crippen LogP contribution in [0.1, 0.15) is 23.6 Å². The molecule has 0 bridgehead atoms. The predicted molar refractivity (Wildman–Crippen MR) is 120 cm³/mol. The minimum atomic E-state index is -0.697. The van der Waals surface area contributed by atoms with E-state index in [1.54, 1.807) is 42.2 Å². The summed E-state index contributed by atoms with van der Waals surface area (Å²) in [6.45, 7) is 0. The maximum absolute atomic E-state index is 12.5. The molecule has 0 saturated carbocycles. The Bertz CT molecular complexity index is 982. The Labute approximate surface area is 184 Å². The van der Waals surface area contributed by atoms with Crippen LogP contribution < -0.4 is 16.4 Å². The molecule has 3 rings (SSSR count). The molecular weight excluding hydrogens is 420 g/mol. The van der Waals surface area contributed by atoms with E-state index in [-0.39, 0.29) is 12.3 Å². The number of nitrogens with two attached hydrogens (primary N) is 1. The number of benzene rings is 2. The van der Waals surface area contributed by atoms with Crippen LogP contribution in [-0.2, 0) is 10.5 Å². The molecule has 0 aliphatic heterocycles. The summed E-state index contributed by atoms with van der Waals surface area (Å²) in [5.74, 6) is 0.584. The molecule has 1 aromatic heterocycles. The Balaban J connectivity index is 1.57. The van der Waals surface area contributed by atoms with Crippen molar-refractivity contribution >= 4 is 41.0 Å². The summed E-state index contributed by atoms with van der Waals surface area (Å²) >= 11 is 7.60. The monoisotopic (exact) mass is 440 g/mol. The number of aromatic nitrogens is 1. The van der Waals surface area contributed by atoms with Crippen LogP contribution in [0, 0.1) is 0 Å². The summed E-state index contributed by atoms with van der Waals surface area (Å²) in [4.78, 5) is 29.0. The molecule has 3 amide bonds. The highest BCUT2D eigenvalue weighted by Crippen LogP contribution is 2.25. The first-order valence-electron chi connectivity index (χ1n) is 9.22. The zero-order chi connectivity index (χ0) is 21.3. The summed E-state index contributed by atoms with van der Waals surface area (Å²) in [7, 11) is 0. The van der Waals surface area contributed by atoms with Gasteiger partial charge in [0.2, 0.25) is 5.91 Å². The first-order valence-corrected chi connectivity index (χ1v) is 10.6. The number of pyridine rings is 1. The van der Waals surface area contributed by atoms with Crippen molar-refractivity contribution in [2.24, 2.45) is 5.73 Å². The van der Waals surface area contributed by atoms with Gasteiger partial charge in [0.25, 0.3) is 0 Å². The molecule has 8 heteroatoms. The number of thioether (sulfide) groups is 1. The van der Waals surface area contributed by atoms with Crippen LogP contribution >= 0.6 is 23.4 Å². The van der Waals surface area contributed by atoms with Gasteiger partial charge in [0, 0.05) is 33.8 Å². The van der Waals surface area contributed by atoms with Crippen molar-refractivity contribution < 1.29 is 9.59 Å². The third kappa shape index (κ3) is 6.79. The second kappa shape index (κ2) is 10.7. The molecule has 0 aliphatic rings. The minimum absolute atomic E-state index is 0.0437. The molecule has 0 unspecified atom stereocenters. The topological polar surface area (TPSA) is 97.1 Å². The van der Waals surface area contributed by atoms with Gasteiger partial charge in [0.1, 0.15) is 0 Å². The summed E-state index contributed by atoms with van der Waals surface area (Å²) < 4.78 is 0. The number of hydrogen-bond donors (Lipinski definition) is 3. The smallest absolute Gasteiger partial charge is 0.312 e. The average Bonchev–Trinajstić information content (AvgIpc) is 2.74. The van der Waals surface area contributed by atoms with Crippen LogP contribution in [0.5, 0.6) is 0 Å². The van der Waals surface area contributed by atoms with Crippen LogP contribution in [-0.4, -0.2) is 16.9 Å². The first-order chi connectivity index (χ1) is 14.5. The van der Waals surface area contributed by atoms with Crippen molar-refractivity contribution in [2.75, 3.05) is 5.32 Å². The highest BCUT2D eigenvalue weighted by atomic mass is 35.5. The van der Waals surface area contributed by atoms with Crippen molar-refractivity contribution in [3.8, 4) is 0 Å². The van der Waals surface area contributed by atoms with Gasteiger partial charge in [-0.05, 0) is 53.6 Å². The molecule has 2 aromatic carbocycles. The third-order valence-corrected chi connectivity index (χ3v) is 5.58. The van der Waals surface area contributed by atoms with Gasteiger partial charge in [0.05, 0.1) is 12.5 Å². The van der Waals surface area contributed by atoms with E-state index in [0.717, 1.165) is 21.8 Å². The van der Waals surface area contributed by atoms with Crippen molar-refractivity contribution in [2.45, 2.75) is 23.1 Å². The fourth-order valence-corrected chi connectivity index (χ4v) is 3.76. The fraction of sp³-hybridized carbons (Fsp3) is 0.136. The van der Waals surface area contributed by atoms with Crippen molar-refractivity contribution in [1.82, 2.24) is 10.3 Å². The number of halogens is 1. The molecule has 4 N–H and O–H groups in total. The Morgan fingerprint density at radius 1 is 1.07 bits per heavy atom. The summed E-state index contributed by atoms with van der Waals surface area (Å²) in [6.07, 6.45) is 3.64. The lowest BCUT2D eigenvalue weighted by molar-refractivity contribution is -0.116. The van der Waals surface area contributed by atoms with E-state index < -0.39 is 12.1 Å². The second-order valence-corrected chi connectivity index (χ2v) is 8.02. The highest BCUT2D eigenvalue weighted by Gasteiger charge is 2.17. The average molecular weight is 441 g/mol. The summed E-state index contributed by atoms with van der Waals surface area (Å²) in [5, 5.41) is 6.02. The van der Waals surface area contributed by atoms with Gasteiger partial charge in [-0.3, -0.25) is 9.78 Å². The second-order valence-electron chi connectivity index (χ2n) is 6.54. The van der Waals surface area contributed by atoms with E-state index in [1.807, 2.05) is 42.6 Å². The van der Waals surface area contributed by atoms with Gasteiger partial charge in [-0.1, -0.05) is 29.8 Å². The largest absolute Gasteiger partial charge is 0.352 e. The van der Waals surface area contributed by atoms with E-state index in [2.05, 4.69) is 15.6 Å². The third-order valence-electron chi connectivity index (χ3n) is 4.24. The van der Waals surface area contributed by atoms with Crippen LogP contribution in [0.2, 0.25) is 5.02 Å². The van der Waals surface area contributed by atoms with E-state index in [4.69, 9.17) is 17.3 Å². The summed E-state index contributed by atoms with van der Waals surface area (Å²) in [5.41, 5.74) is 7.84. The Kier molecular flexibility index (Phi) is 7.70. The lowest BCUT2D eigenvalue weighted by Crippen LogP contribution is -2.35. The normalized spacial score (nSPS) is 11.5. The van der Waals surface area contributed by atoms with E-state index >= 15 is 0 Å². The predicted octanol–water partition coefficient (Wildman–Crippen LogP) is 4.77. The SMILES string of the molecule is NC(=O)N[C@H](CC(=O)Nc1ccc(SCc2cccnc2)cc1)c1ccc(Cl)cc1. The zero-order valence-electron chi connectivity index (χ0n) is 16.0. The van der Waals surface area contributed by atoms with Gasteiger partial charge >= 0.3 is 6.03 Å². The number of nitrogens with one attached hydrogen (secondary N) is 2. The number of anilines is 1. The van der Waals surface area contributed by atoms with Crippen LogP contribution in [0.15, 0.2) is 78.0 Å². The fourth-order valence-electron chi connectivity index (χ4n) is 2.80. The van der Waals surface area contributed by atoms with E-state index in [0.29, 0.717) is 10.7 Å². The molecule has 3 aromatic rings. The molecule has 6 nitrogen and oxygen atoms in total. The summed E-state index contributed by atoms with van der Waals surface area (Å²) in [6, 6.07) is 17.2. The molecule has 0 spiro atoms. The van der Waals surface area contributed by atoms with Crippen molar-refractivity contribution in [3.63, 3.8) is 0 Å². The minimum Gasteiger partial charge on any atom is -0.352 e. The van der Waals surface area contributed by atoms with Crippen molar-refractivity contribution in [1.29, 1.82) is 0 Å². The Morgan fingerprint density at radius 3 is 2.43 bits per heavy atom. The van der Waals surface area contributed by atoms with E-state index in [1.165, 1.54) is 0 Å². The number of nitrogens with zero attached hydrogens (tertiary/aromatic N) is 1. The first kappa shape index (κ1) is 21.7. The number of primary amides is 1. The number of amides is 3. The van der Waals surface area contributed by atoms with Gasteiger partial charge in [-0.2, -0.15) is 0 Å². The lowest BCUT2D eigenvalue weighted by Gasteiger charge is -2.18. The standard InChI is InChI=1S/C22H21ClN4O2S/c23-17-5-3-16(4-6-17)20(27-22(24)29)12-21(28)26-18-7-9-19(10-8-18)30-14-15-2-1-11-25-13-15/h1-11,13,20H,12,14H2,(H,26,28)(H3,24,27,29)/t20-/m1/s1. The molecule has 1 heterocycles. The van der Waals surface area contributed by atoms with Crippen LogP contribution in [0.25, 0.3) is 0 Å². The van der Waals surface area contributed by atoms with E-state index in [9.17, 15) is 9.59 Å². The number of rotatable bonds is 8. The maximum atomic E-state index is 12.5. The lowest BCUT2D eigenvalue weighted by atomic mass is 10.0. The molecule has 30 heavy (non-hydrogen) atoms. The molecule has 0 aliphatic carbocycles. The van der Waals surface area contributed by atoms with Gasteiger partial charge in [-0.15, -0.1) is 11.8 Å². The molecule has 154 valence electrons. The maximum Gasteiger partial charge on any atom is 0.312 e. The van der Waals surface area contributed by atoms with Crippen molar-refractivity contribution in [3.05, 3.63) is 89.2 Å². The highest BCUT2D eigenvalue weighted by molar-refractivity contribution is 7.98. The molecule has 1 atom stereocenters. The van der Waals surface area contributed by atoms with Crippen LogP contribution in [0.3, 0.4) is 0 Å². The Morgan fingerprint density at radius 2 is 1.80 bits per heavy atom. The number of hydrogen-bond acceptors (Lipinski definition) is 4. The van der Waals surface area contributed by atoms with Crippen LogP contribution in [0.4, 0.5) is 10.5 Å². The Hall–Kier alpha value is -3.03. The quantitative estimate of drug-likeness (QED) is 0.439. The van der Waals surface area contributed by atoms with Gasteiger partial charge in [-0.25, -0.2) is 4.79 Å². The molecule has 0 radical (unpaired) electrons. The zero-order valence-corrected chi connectivity index (χ0v) is 17.6. The van der Waals surface area contributed by atoms with Gasteiger partial charge < -0.3 is 16.4 Å². The number of urea groups is 1. The number of carbonyl (C=O) groups is 2. The van der Waals surface area contributed by atoms with Gasteiger partial charge in [0.15, 0.2) is 0 Å². The molecule has 0 fully saturated rings. The molecular formula is C22H21ClN4O2S. The molecule has 0 saturated heterocycles. The number of carbonyl (C=O) groups excluding carboxylic acids is 2.